The Kier molecular flexibility index (Phi) is 13.1. The Labute approximate surface area is 150 Å². The van der Waals surface area contributed by atoms with Gasteiger partial charge in [-0.2, -0.15) is 8.42 Å². The summed E-state index contributed by atoms with van der Waals surface area (Å²) in [4.78, 5) is 0. The second kappa shape index (κ2) is 13.1. The van der Waals surface area contributed by atoms with E-state index in [-0.39, 0.29) is 0 Å². The Balaban J connectivity index is 3.46. The van der Waals surface area contributed by atoms with Crippen LogP contribution in [0.2, 0.25) is 0 Å². The van der Waals surface area contributed by atoms with Crippen LogP contribution >= 0.6 is 0 Å². The summed E-state index contributed by atoms with van der Waals surface area (Å²) in [6.07, 6.45) is 17.4. The lowest BCUT2D eigenvalue weighted by atomic mass is 9.97. The van der Waals surface area contributed by atoms with Crippen LogP contribution in [0, 0.1) is 0 Å². The average molecular weight is 364 g/mol. The van der Waals surface area contributed by atoms with Crippen molar-refractivity contribution in [1.82, 2.24) is 0 Å². The summed E-state index contributed by atoms with van der Waals surface area (Å²) in [7, 11) is -4.09. The first-order chi connectivity index (χ1) is 11.2. The minimum absolute atomic E-state index is 0.514. The number of rotatable bonds is 16. The van der Waals surface area contributed by atoms with Gasteiger partial charge in [-0.1, -0.05) is 90.4 Å². The van der Waals surface area contributed by atoms with Crippen molar-refractivity contribution >= 4 is 10.1 Å². The molecule has 4 nitrogen and oxygen atoms in total. The van der Waals surface area contributed by atoms with Gasteiger partial charge >= 0.3 is 0 Å². The highest BCUT2D eigenvalue weighted by molar-refractivity contribution is 7.87. The Morgan fingerprint density at radius 1 is 0.792 bits per heavy atom. The standard InChI is InChI=1S/C19H41NO3S/c1-4-5-6-7-8-9-10-11-12-13-14-15-16-17-18(20)19(2,3)24(21,22)23/h18H,4-17,20H2,1-3H3,(H,21,22,23). The summed E-state index contributed by atoms with van der Waals surface area (Å²) in [5.41, 5.74) is 5.94. The molecule has 24 heavy (non-hydrogen) atoms. The van der Waals surface area contributed by atoms with Crippen LogP contribution in [-0.4, -0.2) is 23.8 Å². The van der Waals surface area contributed by atoms with E-state index in [0.29, 0.717) is 6.42 Å². The Morgan fingerprint density at radius 2 is 1.12 bits per heavy atom. The van der Waals surface area contributed by atoms with Crippen molar-refractivity contribution in [2.75, 3.05) is 0 Å². The molecule has 0 rings (SSSR count). The van der Waals surface area contributed by atoms with E-state index in [1.54, 1.807) is 0 Å². The maximum Gasteiger partial charge on any atom is 0.271 e. The maximum absolute atomic E-state index is 11.3. The molecule has 5 heteroatoms. The highest BCUT2D eigenvalue weighted by Gasteiger charge is 2.38. The summed E-state index contributed by atoms with van der Waals surface area (Å²) in [6.45, 7) is 5.24. The van der Waals surface area contributed by atoms with Gasteiger partial charge in [-0.15, -0.1) is 0 Å². The second-order valence-electron chi connectivity index (χ2n) is 7.72. The lowest BCUT2D eigenvalue weighted by Crippen LogP contribution is -2.48. The predicted molar refractivity (Wildman–Crippen MR) is 104 cm³/mol. The molecule has 0 saturated heterocycles. The Morgan fingerprint density at radius 3 is 1.46 bits per heavy atom. The molecule has 0 aliphatic carbocycles. The third-order valence-corrected chi connectivity index (χ3v) is 6.81. The fourth-order valence-corrected chi connectivity index (χ4v) is 3.42. The highest BCUT2D eigenvalue weighted by Crippen LogP contribution is 2.22. The molecule has 0 aromatic heterocycles. The summed E-state index contributed by atoms with van der Waals surface area (Å²) in [5, 5.41) is 0. The molecule has 0 aromatic rings. The first kappa shape index (κ1) is 23.9. The van der Waals surface area contributed by atoms with Crippen LogP contribution < -0.4 is 5.73 Å². The van der Waals surface area contributed by atoms with E-state index in [1.807, 2.05) is 0 Å². The summed E-state index contributed by atoms with van der Waals surface area (Å²) < 4.78 is 30.6. The van der Waals surface area contributed by atoms with Crippen molar-refractivity contribution in [3.8, 4) is 0 Å². The minimum Gasteiger partial charge on any atom is -0.326 e. The van der Waals surface area contributed by atoms with E-state index < -0.39 is 20.9 Å². The number of nitrogens with two attached hydrogens (primary N) is 1. The summed E-state index contributed by atoms with van der Waals surface area (Å²) in [5.74, 6) is 0. The molecular weight excluding hydrogens is 322 g/mol. The van der Waals surface area contributed by atoms with Gasteiger partial charge in [0.2, 0.25) is 0 Å². The van der Waals surface area contributed by atoms with Gasteiger partial charge in [0, 0.05) is 6.04 Å². The number of unbranched alkanes of at least 4 members (excludes halogenated alkanes) is 12. The first-order valence-electron chi connectivity index (χ1n) is 9.96. The third-order valence-electron chi connectivity index (χ3n) is 5.18. The van der Waals surface area contributed by atoms with Gasteiger partial charge in [0.1, 0.15) is 4.75 Å². The minimum atomic E-state index is -4.09. The third kappa shape index (κ3) is 10.7. The zero-order chi connectivity index (χ0) is 18.5. The van der Waals surface area contributed by atoms with Gasteiger partial charge < -0.3 is 5.73 Å². The largest absolute Gasteiger partial charge is 0.326 e. The SMILES string of the molecule is CCCCCCCCCCCCCCCC(N)C(C)(C)S(=O)(=O)O. The normalized spacial score (nSPS) is 14.0. The first-order valence-corrected chi connectivity index (χ1v) is 11.4. The van der Waals surface area contributed by atoms with Crippen molar-refractivity contribution in [3.05, 3.63) is 0 Å². The zero-order valence-electron chi connectivity index (χ0n) is 16.2. The molecule has 0 aliphatic rings. The quantitative estimate of drug-likeness (QED) is 0.282. The molecule has 0 amide bonds. The molecule has 0 spiro atoms. The molecule has 0 aliphatic heterocycles. The molecule has 0 aromatic carbocycles. The highest BCUT2D eigenvalue weighted by atomic mass is 32.2. The van der Waals surface area contributed by atoms with Gasteiger partial charge in [-0.3, -0.25) is 4.55 Å². The van der Waals surface area contributed by atoms with Gasteiger partial charge in [0.05, 0.1) is 0 Å². The fraction of sp³-hybridized carbons (Fsp3) is 1.00. The molecule has 1 unspecified atom stereocenters. The number of hydrogen-bond acceptors (Lipinski definition) is 3. The van der Waals surface area contributed by atoms with Crippen LogP contribution in [0.3, 0.4) is 0 Å². The molecule has 3 N–H and O–H groups in total. The van der Waals surface area contributed by atoms with Crippen molar-refractivity contribution < 1.29 is 13.0 Å². The molecule has 0 heterocycles. The topological polar surface area (TPSA) is 80.4 Å². The van der Waals surface area contributed by atoms with Crippen LogP contribution in [0.5, 0.6) is 0 Å². The molecule has 146 valence electrons. The number of hydrogen-bond donors (Lipinski definition) is 2. The predicted octanol–water partition coefficient (Wildman–Crippen LogP) is 5.46. The van der Waals surface area contributed by atoms with Gasteiger partial charge in [-0.05, 0) is 20.3 Å². The van der Waals surface area contributed by atoms with Crippen molar-refractivity contribution in [1.29, 1.82) is 0 Å². The Hall–Kier alpha value is -0.130. The van der Waals surface area contributed by atoms with Crippen molar-refractivity contribution in [2.45, 2.75) is 121 Å². The summed E-state index contributed by atoms with van der Waals surface area (Å²) in [6, 6.07) is -0.514. The monoisotopic (exact) mass is 363 g/mol. The van der Waals surface area contributed by atoms with E-state index >= 15 is 0 Å². The molecular formula is C19H41NO3S. The average Bonchev–Trinajstić information content (AvgIpc) is 2.50. The van der Waals surface area contributed by atoms with Crippen LogP contribution in [0.25, 0.3) is 0 Å². The Bertz CT molecular complexity index is 393. The fourth-order valence-electron chi connectivity index (χ4n) is 2.92. The maximum atomic E-state index is 11.3. The zero-order valence-corrected chi connectivity index (χ0v) is 17.0. The second-order valence-corrected chi connectivity index (χ2v) is 9.72. The van der Waals surface area contributed by atoms with E-state index in [4.69, 9.17) is 5.73 Å². The van der Waals surface area contributed by atoms with E-state index in [1.165, 1.54) is 84.5 Å². The van der Waals surface area contributed by atoms with Crippen LogP contribution in [0.15, 0.2) is 0 Å². The van der Waals surface area contributed by atoms with Gasteiger partial charge in [-0.25, -0.2) is 0 Å². The van der Waals surface area contributed by atoms with Gasteiger partial charge in [0.25, 0.3) is 10.1 Å². The van der Waals surface area contributed by atoms with Gasteiger partial charge in [0.15, 0.2) is 0 Å². The molecule has 1 atom stereocenters. The van der Waals surface area contributed by atoms with Crippen molar-refractivity contribution in [3.63, 3.8) is 0 Å². The lowest BCUT2D eigenvalue weighted by Gasteiger charge is -2.28. The molecule has 0 fully saturated rings. The molecule has 0 radical (unpaired) electrons. The van der Waals surface area contributed by atoms with E-state index in [2.05, 4.69) is 6.92 Å². The van der Waals surface area contributed by atoms with Crippen LogP contribution in [-0.2, 0) is 10.1 Å². The lowest BCUT2D eigenvalue weighted by molar-refractivity contribution is 0.391. The van der Waals surface area contributed by atoms with Crippen LogP contribution in [0.4, 0.5) is 0 Å². The smallest absolute Gasteiger partial charge is 0.271 e. The van der Waals surface area contributed by atoms with Crippen LogP contribution in [0.1, 0.15) is 111 Å². The molecule has 0 saturated carbocycles. The molecule has 0 bridgehead atoms. The van der Waals surface area contributed by atoms with E-state index in [9.17, 15) is 13.0 Å². The van der Waals surface area contributed by atoms with E-state index in [0.717, 1.165) is 12.8 Å². The van der Waals surface area contributed by atoms with Crippen molar-refractivity contribution in [2.24, 2.45) is 5.73 Å². The summed E-state index contributed by atoms with van der Waals surface area (Å²) >= 11 is 0.